The molecule has 0 aliphatic carbocycles. The van der Waals surface area contributed by atoms with Crippen LogP contribution >= 0.6 is 0 Å². The summed E-state index contributed by atoms with van der Waals surface area (Å²) in [4.78, 5) is 52.9. The predicted molar refractivity (Wildman–Crippen MR) is 153 cm³/mol. The molecule has 0 saturated carbocycles. The minimum atomic E-state index is -1.11. The third kappa shape index (κ3) is 7.83. The van der Waals surface area contributed by atoms with Crippen molar-refractivity contribution in [1.82, 2.24) is 10.6 Å². The van der Waals surface area contributed by atoms with Gasteiger partial charge in [0.15, 0.2) is 0 Å². The molecule has 2 N–H and O–H groups in total. The number of methoxy groups -OCH3 is 1. The van der Waals surface area contributed by atoms with Crippen LogP contribution in [0.15, 0.2) is 54.6 Å². The van der Waals surface area contributed by atoms with Crippen molar-refractivity contribution in [1.29, 1.82) is 0 Å². The van der Waals surface area contributed by atoms with E-state index < -0.39 is 34.9 Å². The number of benzene rings is 2. The molecule has 2 aromatic rings. The molecule has 1 saturated heterocycles. The van der Waals surface area contributed by atoms with E-state index in [1.54, 1.807) is 27.7 Å². The SMILES string of the molecule is COC(=O)C1(NC(=O)C(C)c2ccccc2)CCN(c2cccc(C(C)C(=O)NCC(=O)OC(C)(C)C)c2)CC1. The van der Waals surface area contributed by atoms with Crippen LogP contribution in [0.2, 0.25) is 0 Å². The van der Waals surface area contributed by atoms with Gasteiger partial charge < -0.3 is 25.0 Å². The van der Waals surface area contributed by atoms with E-state index in [1.807, 2.05) is 61.5 Å². The molecule has 2 unspecified atom stereocenters. The maximum Gasteiger partial charge on any atom is 0.331 e. The van der Waals surface area contributed by atoms with Gasteiger partial charge >= 0.3 is 11.9 Å². The van der Waals surface area contributed by atoms with Gasteiger partial charge in [-0.25, -0.2) is 4.79 Å². The van der Waals surface area contributed by atoms with E-state index in [-0.39, 0.29) is 18.4 Å². The van der Waals surface area contributed by atoms with Crippen molar-refractivity contribution in [2.75, 3.05) is 31.6 Å². The molecule has 216 valence electrons. The summed E-state index contributed by atoms with van der Waals surface area (Å²) >= 11 is 0. The number of piperidine rings is 1. The maximum absolute atomic E-state index is 13.1. The molecule has 0 radical (unpaired) electrons. The van der Waals surface area contributed by atoms with Gasteiger partial charge in [0.1, 0.15) is 17.7 Å². The van der Waals surface area contributed by atoms with Crippen molar-refractivity contribution < 1.29 is 28.7 Å². The fourth-order valence-corrected chi connectivity index (χ4v) is 4.79. The van der Waals surface area contributed by atoms with E-state index >= 15 is 0 Å². The molecule has 9 heteroatoms. The lowest BCUT2D eigenvalue weighted by molar-refractivity contribution is -0.154. The third-order valence-corrected chi connectivity index (χ3v) is 7.20. The molecule has 2 amide bonds. The number of nitrogens with zero attached hydrogens (tertiary/aromatic N) is 1. The predicted octanol–water partition coefficient (Wildman–Crippen LogP) is 3.68. The number of rotatable bonds is 9. The molecular weight excluding hydrogens is 510 g/mol. The highest BCUT2D eigenvalue weighted by atomic mass is 16.6. The minimum Gasteiger partial charge on any atom is -0.467 e. The van der Waals surface area contributed by atoms with Crippen molar-refractivity contribution in [3.63, 3.8) is 0 Å². The second-order valence-corrected chi connectivity index (χ2v) is 11.3. The summed E-state index contributed by atoms with van der Waals surface area (Å²) in [6.45, 7) is 9.75. The first-order valence-electron chi connectivity index (χ1n) is 13.6. The fourth-order valence-electron chi connectivity index (χ4n) is 4.79. The summed E-state index contributed by atoms with van der Waals surface area (Å²) in [7, 11) is 1.34. The molecule has 0 bridgehead atoms. The third-order valence-electron chi connectivity index (χ3n) is 7.20. The Morgan fingerprint density at radius 1 is 0.900 bits per heavy atom. The van der Waals surface area contributed by atoms with Crippen LogP contribution in [0.1, 0.15) is 70.4 Å². The Labute approximate surface area is 236 Å². The van der Waals surface area contributed by atoms with E-state index in [2.05, 4.69) is 15.5 Å². The lowest BCUT2D eigenvalue weighted by Gasteiger charge is -2.41. The molecule has 1 aliphatic rings. The van der Waals surface area contributed by atoms with E-state index in [0.717, 1.165) is 16.8 Å². The van der Waals surface area contributed by atoms with Crippen LogP contribution < -0.4 is 15.5 Å². The molecule has 2 aromatic carbocycles. The fraction of sp³-hybridized carbons (Fsp3) is 0.484. The zero-order valence-electron chi connectivity index (χ0n) is 24.3. The molecule has 2 atom stereocenters. The van der Waals surface area contributed by atoms with Gasteiger partial charge in [0.25, 0.3) is 0 Å². The lowest BCUT2D eigenvalue weighted by Crippen LogP contribution is -2.61. The zero-order chi connectivity index (χ0) is 29.5. The Bertz CT molecular complexity index is 1200. The van der Waals surface area contributed by atoms with Gasteiger partial charge in [-0.1, -0.05) is 42.5 Å². The summed E-state index contributed by atoms with van der Waals surface area (Å²) < 4.78 is 10.4. The Morgan fingerprint density at radius 3 is 2.10 bits per heavy atom. The van der Waals surface area contributed by atoms with Crippen molar-refractivity contribution >= 4 is 29.4 Å². The molecular formula is C31H41N3O6. The second-order valence-electron chi connectivity index (χ2n) is 11.3. The van der Waals surface area contributed by atoms with Gasteiger partial charge in [-0.3, -0.25) is 14.4 Å². The number of carbonyl (C=O) groups is 4. The first kappa shape index (κ1) is 30.7. The van der Waals surface area contributed by atoms with Gasteiger partial charge in [0.05, 0.1) is 18.9 Å². The van der Waals surface area contributed by atoms with Crippen molar-refractivity contribution in [3.05, 3.63) is 65.7 Å². The average Bonchev–Trinajstić information content (AvgIpc) is 2.94. The summed E-state index contributed by atoms with van der Waals surface area (Å²) in [5, 5.41) is 5.66. The molecule has 0 spiro atoms. The number of ether oxygens (including phenoxy) is 2. The Kier molecular flexibility index (Phi) is 9.95. The maximum atomic E-state index is 13.1. The number of nitrogens with one attached hydrogen (secondary N) is 2. The van der Waals surface area contributed by atoms with Gasteiger partial charge in [-0.05, 0) is 70.7 Å². The number of carbonyl (C=O) groups excluding carboxylic acids is 4. The molecule has 3 rings (SSSR count). The van der Waals surface area contributed by atoms with Crippen molar-refractivity contribution in [2.45, 2.75) is 70.4 Å². The summed E-state index contributed by atoms with van der Waals surface area (Å²) in [5.74, 6) is -2.35. The summed E-state index contributed by atoms with van der Waals surface area (Å²) in [6, 6.07) is 17.1. The lowest BCUT2D eigenvalue weighted by atomic mass is 9.85. The van der Waals surface area contributed by atoms with E-state index in [0.29, 0.717) is 25.9 Å². The van der Waals surface area contributed by atoms with E-state index in [4.69, 9.17) is 9.47 Å². The van der Waals surface area contributed by atoms with Crippen LogP contribution in [0.25, 0.3) is 0 Å². The molecule has 1 heterocycles. The van der Waals surface area contributed by atoms with E-state index in [1.165, 1.54) is 7.11 Å². The monoisotopic (exact) mass is 551 g/mol. The smallest absolute Gasteiger partial charge is 0.331 e. The molecule has 1 aliphatic heterocycles. The van der Waals surface area contributed by atoms with Crippen molar-refractivity contribution in [2.24, 2.45) is 0 Å². The van der Waals surface area contributed by atoms with Gasteiger partial charge in [0.2, 0.25) is 11.8 Å². The first-order valence-corrected chi connectivity index (χ1v) is 13.6. The summed E-state index contributed by atoms with van der Waals surface area (Å²) in [5.41, 5.74) is 0.849. The minimum absolute atomic E-state index is 0.198. The first-order chi connectivity index (χ1) is 18.8. The highest BCUT2D eigenvalue weighted by molar-refractivity contribution is 5.91. The van der Waals surface area contributed by atoms with Crippen LogP contribution in [0.3, 0.4) is 0 Å². The Hall–Kier alpha value is -3.88. The number of hydrogen-bond donors (Lipinski definition) is 2. The molecule has 40 heavy (non-hydrogen) atoms. The topological polar surface area (TPSA) is 114 Å². The van der Waals surface area contributed by atoms with Crippen molar-refractivity contribution in [3.8, 4) is 0 Å². The molecule has 9 nitrogen and oxygen atoms in total. The van der Waals surface area contributed by atoms with Crippen LogP contribution in [0.5, 0.6) is 0 Å². The highest BCUT2D eigenvalue weighted by Gasteiger charge is 2.44. The summed E-state index contributed by atoms with van der Waals surface area (Å²) in [6.07, 6.45) is 0.756. The van der Waals surface area contributed by atoms with Gasteiger partial charge in [0, 0.05) is 18.8 Å². The second kappa shape index (κ2) is 13.0. The van der Waals surface area contributed by atoms with Crippen LogP contribution in [-0.4, -0.2) is 61.6 Å². The zero-order valence-corrected chi connectivity index (χ0v) is 24.3. The standard InChI is InChI=1S/C31H41N3O6/c1-21(23-11-8-7-9-12-23)28(37)33-31(29(38)39-6)15-17-34(18-16-31)25-14-10-13-24(19-25)22(2)27(36)32-20-26(35)40-30(3,4)5/h7-14,19,21-22H,15-18,20H2,1-6H3,(H,32,36)(H,33,37). The van der Waals surface area contributed by atoms with Gasteiger partial charge in [-0.2, -0.15) is 0 Å². The highest BCUT2D eigenvalue weighted by Crippen LogP contribution is 2.30. The number of hydrogen-bond acceptors (Lipinski definition) is 7. The Morgan fingerprint density at radius 2 is 1.50 bits per heavy atom. The van der Waals surface area contributed by atoms with Gasteiger partial charge in [-0.15, -0.1) is 0 Å². The Balaban J connectivity index is 1.65. The normalized spacial score (nSPS) is 16.3. The number of anilines is 1. The largest absolute Gasteiger partial charge is 0.467 e. The van der Waals surface area contributed by atoms with E-state index in [9.17, 15) is 19.2 Å². The number of esters is 2. The molecule has 0 aromatic heterocycles. The average molecular weight is 552 g/mol. The quantitative estimate of drug-likeness (QED) is 0.457. The van der Waals surface area contributed by atoms with Crippen LogP contribution in [0, 0.1) is 0 Å². The van der Waals surface area contributed by atoms with Crippen LogP contribution in [0.4, 0.5) is 5.69 Å². The molecule has 1 fully saturated rings. The van der Waals surface area contributed by atoms with Crippen LogP contribution in [-0.2, 0) is 28.7 Å². The number of amides is 2.